The van der Waals surface area contributed by atoms with Crippen LogP contribution in [0, 0.1) is 0 Å². The summed E-state index contributed by atoms with van der Waals surface area (Å²) >= 11 is 6.88. The zero-order valence-corrected chi connectivity index (χ0v) is 15.6. The highest BCUT2D eigenvalue weighted by Gasteiger charge is 2.43. The molecule has 2 heterocycles. The summed E-state index contributed by atoms with van der Waals surface area (Å²) in [5, 5.41) is 5.72. The van der Waals surface area contributed by atoms with Crippen LogP contribution in [0.4, 0.5) is 11.4 Å². The molecule has 0 radical (unpaired) electrons. The van der Waals surface area contributed by atoms with Gasteiger partial charge in [0.25, 0.3) is 0 Å². The summed E-state index contributed by atoms with van der Waals surface area (Å²) in [4.78, 5) is 2.27. The number of fused-ring (bicyclic) bond motifs is 1. The van der Waals surface area contributed by atoms with Crippen molar-refractivity contribution in [2.75, 3.05) is 16.7 Å². The van der Waals surface area contributed by atoms with E-state index in [0.717, 1.165) is 11.0 Å². The first-order valence-corrected chi connectivity index (χ1v) is 10.1. The summed E-state index contributed by atoms with van der Waals surface area (Å²) in [7, 11) is 1.07. The second-order valence-electron chi connectivity index (χ2n) is 6.56. The molecule has 0 saturated carbocycles. The van der Waals surface area contributed by atoms with Gasteiger partial charge in [-0.25, -0.2) is 4.78 Å². The van der Waals surface area contributed by atoms with Crippen LogP contribution in [0.1, 0.15) is 19.4 Å². The third-order valence-corrected chi connectivity index (χ3v) is 7.12. The predicted octanol–water partition coefficient (Wildman–Crippen LogP) is 5.68. The van der Waals surface area contributed by atoms with Crippen LogP contribution in [0.15, 0.2) is 70.7 Å². The van der Waals surface area contributed by atoms with Crippen molar-refractivity contribution in [1.82, 2.24) is 0 Å². The molecule has 2 aromatic rings. The fourth-order valence-corrected chi connectivity index (χ4v) is 5.82. The number of nitrogens with zero attached hydrogens (tertiary/aromatic N) is 3. The highest BCUT2D eigenvalue weighted by atomic mass is 35.7. The Morgan fingerprint density at radius 1 is 1.00 bits per heavy atom. The van der Waals surface area contributed by atoms with Gasteiger partial charge in [0.05, 0.1) is 17.2 Å². The first kappa shape index (κ1) is 15.7. The Kier molecular flexibility index (Phi) is 3.67. The van der Waals surface area contributed by atoms with Crippen LogP contribution in [0.2, 0.25) is 0 Å². The van der Waals surface area contributed by atoms with Gasteiger partial charge in [-0.05, 0) is 23.8 Å². The lowest BCUT2D eigenvalue weighted by Gasteiger charge is -2.28. The van der Waals surface area contributed by atoms with Crippen molar-refractivity contribution in [2.24, 2.45) is 5.10 Å². The van der Waals surface area contributed by atoms with E-state index in [1.807, 2.05) is 41.3 Å². The molecule has 0 aromatic heterocycles. The SMILES string of the molecule is CN1/C(=C2/C=NN(c3ccccc3)P2Cl)C(C)(C)c2ccccc21. The third kappa shape index (κ3) is 2.19. The molecule has 1 atom stereocenters. The molecular weight excluding hydrogens is 337 g/mol. The molecule has 1 unspecified atom stereocenters. The highest BCUT2D eigenvalue weighted by molar-refractivity contribution is 7.89. The van der Waals surface area contributed by atoms with Gasteiger partial charge in [0.15, 0.2) is 0 Å². The summed E-state index contributed by atoms with van der Waals surface area (Å²) < 4.78 is 1.94. The Hall–Kier alpha value is -1.83. The zero-order valence-electron chi connectivity index (χ0n) is 13.9. The van der Waals surface area contributed by atoms with Crippen molar-refractivity contribution in [1.29, 1.82) is 0 Å². The number of rotatable bonds is 1. The number of anilines is 2. The quantitative estimate of drug-likeness (QED) is 0.612. The standard InChI is InChI=1S/C19H19ClN3P/c1-19(2)15-11-7-8-12-16(15)22(3)18(19)17-13-21-23(24(17)20)14-9-5-4-6-10-14/h4-13H,1-3H3/b18-17-. The van der Waals surface area contributed by atoms with Gasteiger partial charge in [-0.3, -0.25) is 0 Å². The number of likely N-dealkylation sites (N-methyl/N-ethyl adjacent to an activating group) is 1. The van der Waals surface area contributed by atoms with Gasteiger partial charge in [-0.15, -0.1) is 0 Å². The average Bonchev–Trinajstić information content (AvgIpc) is 3.05. The minimum absolute atomic E-state index is 0.0884. The van der Waals surface area contributed by atoms with E-state index in [1.165, 1.54) is 16.9 Å². The van der Waals surface area contributed by atoms with Crippen LogP contribution in [0.5, 0.6) is 0 Å². The zero-order chi connectivity index (χ0) is 16.9. The van der Waals surface area contributed by atoms with Crippen LogP contribution in [-0.4, -0.2) is 13.3 Å². The fourth-order valence-electron chi connectivity index (χ4n) is 3.64. The van der Waals surface area contributed by atoms with Gasteiger partial charge in [0.1, 0.15) is 7.43 Å². The van der Waals surface area contributed by atoms with Crippen molar-refractivity contribution in [3.8, 4) is 0 Å². The van der Waals surface area contributed by atoms with Gasteiger partial charge in [-0.2, -0.15) is 5.10 Å². The number of para-hydroxylation sites is 2. The number of hydrogen-bond acceptors (Lipinski definition) is 3. The van der Waals surface area contributed by atoms with Gasteiger partial charge in [-0.1, -0.05) is 61.5 Å². The second-order valence-corrected chi connectivity index (χ2v) is 8.91. The molecule has 5 heteroatoms. The van der Waals surface area contributed by atoms with Gasteiger partial charge >= 0.3 is 0 Å². The van der Waals surface area contributed by atoms with Crippen molar-refractivity contribution in [2.45, 2.75) is 19.3 Å². The lowest BCUT2D eigenvalue weighted by atomic mass is 9.84. The maximum Gasteiger partial charge on any atom is 0.147 e. The van der Waals surface area contributed by atoms with Crippen molar-refractivity contribution in [3.63, 3.8) is 0 Å². The minimum Gasteiger partial charge on any atom is -0.346 e. The Morgan fingerprint density at radius 2 is 1.67 bits per heavy atom. The van der Waals surface area contributed by atoms with Gasteiger partial charge < -0.3 is 4.90 Å². The lowest BCUT2D eigenvalue weighted by molar-refractivity contribution is 0.640. The number of hydrogen-bond donors (Lipinski definition) is 0. The molecule has 3 nitrogen and oxygen atoms in total. The molecule has 2 aliphatic rings. The highest BCUT2D eigenvalue weighted by Crippen LogP contribution is 2.62. The van der Waals surface area contributed by atoms with E-state index in [0.29, 0.717) is 0 Å². The lowest BCUT2D eigenvalue weighted by Crippen LogP contribution is -2.24. The first-order valence-electron chi connectivity index (χ1n) is 7.95. The van der Waals surface area contributed by atoms with E-state index in [1.54, 1.807) is 0 Å². The van der Waals surface area contributed by atoms with Gasteiger partial charge in [0.2, 0.25) is 0 Å². The predicted molar refractivity (Wildman–Crippen MR) is 105 cm³/mol. The Labute approximate surface area is 148 Å². The number of hydrazone groups is 1. The molecule has 2 aliphatic heterocycles. The van der Waals surface area contributed by atoms with Crippen LogP contribution < -0.4 is 9.68 Å². The number of benzene rings is 2. The molecule has 0 fully saturated rings. The minimum atomic E-state index is -1.05. The van der Waals surface area contributed by atoms with E-state index < -0.39 is 7.43 Å². The summed E-state index contributed by atoms with van der Waals surface area (Å²) in [5.41, 5.74) is 4.76. The summed E-state index contributed by atoms with van der Waals surface area (Å²) in [5.74, 6) is 0. The Bertz CT molecular complexity index is 845. The van der Waals surface area contributed by atoms with E-state index in [2.05, 4.69) is 55.2 Å². The molecule has 0 amide bonds. The van der Waals surface area contributed by atoms with E-state index in [9.17, 15) is 0 Å². The summed E-state index contributed by atoms with van der Waals surface area (Å²) in [6, 6.07) is 18.7. The molecule has 0 spiro atoms. The van der Waals surface area contributed by atoms with Crippen LogP contribution >= 0.6 is 18.7 Å². The van der Waals surface area contributed by atoms with Crippen LogP contribution in [-0.2, 0) is 5.41 Å². The summed E-state index contributed by atoms with van der Waals surface area (Å²) in [6.07, 6.45) is 1.94. The summed E-state index contributed by atoms with van der Waals surface area (Å²) in [6.45, 7) is 4.52. The molecule has 0 saturated heterocycles. The van der Waals surface area contributed by atoms with Crippen molar-refractivity contribution in [3.05, 3.63) is 71.2 Å². The number of halogens is 1. The fraction of sp³-hybridized carbons (Fsp3) is 0.211. The van der Waals surface area contributed by atoms with Crippen LogP contribution in [0.25, 0.3) is 0 Å². The third-order valence-electron chi connectivity index (χ3n) is 4.75. The molecule has 24 heavy (non-hydrogen) atoms. The van der Waals surface area contributed by atoms with E-state index >= 15 is 0 Å². The Balaban J connectivity index is 1.80. The normalized spacial score (nSPS) is 24.6. The largest absolute Gasteiger partial charge is 0.346 e. The topological polar surface area (TPSA) is 18.8 Å². The monoisotopic (exact) mass is 355 g/mol. The number of allylic oxidation sites excluding steroid dienone is 2. The van der Waals surface area contributed by atoms with Crippen LogP contribution in [0.3, 0.4) is 0 Å². The molecule has 0 bridgehead atoms. The Morgan fingerprint density at radius 3 is 2.38 bits per heavy atom. The maximum atomic E-state index is 6.88. The van der Waals surface area contributed by atoms with Crippen molar-refractivity contribution >= 4 is 36.3 Å². The molecule has 2 aromatic carbocycles. The van der Waals surface area contributed by atoms with E-state index in [-0.39, 0.29) is 5.41 Å². The van der Waals surface area contributed by atoms with Crippen molar-refractivity contribution < 1.29 is 0 Å². The second kappa shape index (κ2) is 5.61. The molecule has 4 rings (SSSR count). The maximum absolute atomic E-state index is 6.88. The average molecular weight is 356 g/mol. The van der Waals surface area contributed by atoms with Gasteiger partial charge in [0, 0.05) is 23.8 Å². The molecule has 0 aliphatic carbocycles. The first-order chi connectivity index (χ1) is 11.5. The molecule has 0 N–H and O–H groups in total. The smallest absolute Gasteiger partial charge is 0.147 e. The molecular formula is C19H19ClN3P. The molecule has 122 valence electrons. The van der Waals surface area contributed by atoms with E-state index in [4.69, 9.17) is 11.2 Å².